The lowest BCUT2D eigenvalue weighted by atomic mass is 10.1. The number of hydrogen-bond donors (Lipinski definition) is 1. The molecule has 1 atom stereocenters. The molecule has 7 heteroatoms. The van der Waals surface area contributed by atoms with Crippen molar-refractivity contribution in [2.75, 3.05) is 7.11 Å². The number of carbonyl (C=O) groups excluding carboxylic acids is 1. The molecule has 0 bridgehead atoms. The number of nitrogens with zero attached hydrogens (tertiary/aromatic N) is 3. The largest absolute Gasteiger partial charge is 0.497 e. The summed E-state index contributed by atoms with van der Waals surface area (Å²) in [6, 6.07) is 13.1. The van der Waals surface area contributed by atoms with Gasteiger partial charge in [0.05, 0.1) is 23.4 Å². The highest BCUT2D eigenvalue weighted by molar-refractivity contribution is 6.33. The SMILES string of the molecule is COc1ccc2c(c1)c(C[C@H](C)NC(=O)c1cc(-n3cccn3)ccc1Cl)cn2C. The number of amides is 1. The molecular weight excluding hydrogens is 400 g/mol. The molecule has 0 fully saturated rings. The third kappa shape index (κ3) is 3.91. The summed E-state index contributed by atoms with van der Waals surface area (Å²) in [6.45, 7) is 1.99. The molecule has 0 aliphatic rings. The maximum absolute atomic E-state index is 12.9. The van der Waals surface area contributed by atoms with Crippen LogP contribution in [0.5, 0.6) is 5.75 Å². The number of aromatic nitrogens is 3. The fourth-order valence-corrected chi connectivity index (χ4v) is 3.88. The molecule has 2 aromatic heterocycles. The minimum Gasteiger partial charge on any atom is -0.497 e. The van der Waals surface area contributed by atoms with E-state index in [4.69, 9.17) is 16.3 Å². The normalized spacial score (nSPS) is 12.1. The van der Waals surface area contributed by atoms with E-state index in [0.29, 0.717) is 17.0 Å². The molecule has 0 unspecified atom stereocenters. The van der Waals surface area contributed by atoms with Gasteiger partial charge in [-0.25, -0.2) is 4.68 Å². The number of hydrogen-bond acceptors (Lipinski definition) is 3. The second-order valence-electron chi connectivity index (χ2n) is 7.34. The smallest absolute Gasteiger partial charge is 0.253 e. The number of methoxy groups -OCH3 is 1. The predicted octanol–water partition coefficient (Wildman–Crippen LogP) is 4.39. The van der Waals surface area contributed by atoms with Crippen LogP contribution in [0.4, 0.5) is 0 Å². The molecule has 30 heavy (non-hydrogen) atoms. The number of fused-ring (bicyclic) bond motifs is 1. The van der Waals surface area contributed by atoms with Crippen molar-refractivity contribution in [1.29, 1.82) is 0 Å². The van der Waals surface area contributed by atoms with Gasteiger partial charge in [-0.1, -0.05) is 11.6 Å². The van der Waals surface area contributed by atoms with Crippen molar-refractivity contribution in [1.82, 2.24) is 19.7 Å². The van der Waals surface area contributed by atoms with Crippen molar-refractivity contribution in [3.05, 3.63) is 77.2 Å². The van der Waals surface area contributed by atoms with Gasteiger partial charge in [0.2, 0.25) is 0 Å². The van der Waals surface area contributed by atoms with Crippen molar-refractivity contribution in [3.8, 4) is 11.4 Å². The van der Waals surface area contributed by atoms with E-state index in [0.717, 1.165) is 27.9 Å². The first-order valence-corrected chi connectivity index (χ1v) is 10.1. The van der Waals surface area contributed by atoms with Crippen LogP contribution in [-0.4, -0.2) is 33.4 Å². The van der Waals surface area contributed by atoms with Crippen molar-refractivity contribution in [2.24, 2.45) is 7.05 Å². The summed E-state index contributed by atoms with van der Waals surface area (Å²) in [5.41, 5.74) is 3.48. The molecule has 0 saturated heterocycles. The summed E-state index contributed by atoms with van der Waals surface area (Å²) >= 11 is 6.30. The van der Waals surface area contributed by atoms with Crippen LogP contribution in [0, 0.1) is 0 Å². The van der Waals surface area contributed by atoms with Gasteiger partial charge < -0.3 is 14.6 Å². The lowest BCUT2D eigenvalue weighted by molar-refractivity contribution is 0.0940. The van der Waals surface area contributed by atoms with Crippen LogP contribution in [0.1, 0.15) is 22.8 Å². The Morgan fingerprint density at radius 2 is 2.10 bits per heavy atom. The van der Waals surface area contributed by atoms with Gasteiger partial charge in [-0.15, -0.1) is 0 Å². The average molecular weight is 423 g/mol. The number of nitrogens with one attached hydrogen (secondary N) is 1. The van der Waals surface area contributed by atoms with E-state index in [-0.39, 0.29) is 11.9 Å². The fraction of sp³-hybridized carbons (Fsp3) is 0.217. The Morgan fingerprint density at radius 3 is 2.83 bits per heavy atom. The summed E-state index contributed by atoms with van der Waals surface area (Å²) < 4.78 is 9.15. The van der Waals surface area contributed by atoms with Crippen LogP contribution in [0.2, 0.25) is 5.02 Å². The molecular formula is C23H23ClN4O2. The van der Waals surface area contributed by atoms with Gasteiger partial charge >= 0.3 is 0 Å². The fourth-order valence-electron chi connectivity index (χ4n) is 3.68. The zero-order chi connectivity index (χ0) is 21.3. The number of carbonyl (C=O) groups is 1. The molecule has 0 radical (unpaired) electrons. The first-order valence-electron chi connectivity index (χ1n) is 9.68. The quantitative estimate of drug-likeness (QED) is 0.501. The van der Waals surface area contributed by atoms with Crippen LogP contribution >= 0.6 is 11.6 Å². The number of rotatable bonds is 6. The highest BCUT2D eigenvalue weighted by atomic mass is 35.5. The van der Waals surface area contributed by atoms with E-state index in [1.807, 2.05) is 50.5 Å². The minimum atomic E-state index is -0.209. The van der Waals surface area contributed by atoms with Gasteiger partial charge in [0, 0.05) is 42.6 Å². The Bertz CT molecular complexity index is 1200. The first-order chi connectivity index (χ1) is 14.5. The summed E-state index contributed by atoms with van der Waals surface area (Å²) in [5, 5.41) is 8.80. The molecule has 0 aliphatic carbocycles. The van der Waals surface area contributed by atoms with Gasteiger partial charge in [0.15, 0.2) is 0 Å². The van der Waals surface area contributed by atoms with Crippen LogP contribution in [0.3, 0.4) is 0 Å². The van der Waals surface area contributed by atoms with Gasteiger partial charge in [-0.3, -0.25) is 4.79 Å². The van der Waals surface area contributed by atoms with Crippen LogP contribution in [-0.2, 0) is 13.5 Å². The topological polar surface area (TPSA) is 61.1 Å². The molecule has 2 aromatic carbocycles. The molecule has 4 rings (SSSR count). The summed E-state index contributed by atoms with van der Waals surface area (Å²) in [4.78, 5) is 12.9. The number of benzene rings is 2. The molecule has 1 N–H and O–H groups in total. The Hall–Kier alpha value is -3.25. The standard InChI is InChI=1S/C23H23ClN4O2/c1-15(11-16-14-27(2)22-8-6-18(30-3)13-19(16)22)26-23(29)20-12-17(5-7-21(20)24)28-10-4-9-25-28/h4-10,12-15H,11H2,1-3H3,(H,26,29)/t15-/m0/s1. The highest BCUT2D eigenvalue weighted by Crippen LogP contribution is 2.26. The Kier molecular flexibility index (Phi) is 5.50. The van der Waals surface area contributed by atoms with Gasteiger partial charge in [0.25, 0.3) is 5.91 Å². The van der Waals surface area contributed by atoms with E-state index >= 15 is 0 Å². The zero-order valence-electron chi connectivity index (χ0n) is 17.1. The van der Waals surface area contributed by atoms with Crippen LogP contribution < -0.4 is 10.1 Å². The molecule has 1 amide bonds. The molecule has 0 saturated carbocycles. The third-order valence-corrected chi connectivity index (χ3v) is 5.48. The third-order valence-electron chi connectivity index (χ3n) is 5.15. The second-order valence-corrected chi connectivity index (χ2v) is 7.75. The number of aryl methyl sites for hydroxylation is 1. The highest BCUT2D eigenvalue weighted by Gasteiger charge is 2.17. The molecule has 6 nitrogen and oxygen atoms in total. The first kappa shape index (κ1) is 20.0. The van der Waals surface area contributed by atoms with Crippen LogP contribution in [0.15, 0.2) is 61.1 Å². The van der Waals surface area contributed by atoms with Gasteiger partial charge in [0.1, 0.15) is 5.75 Å². The maximum atomic E-state index is 12.9. The molecule has 4 aromatic rings. The van der Waals surface area contributed by atoms with E-state index in [1.165, 1.54) is 0 Å². The monoisotopic (exact) mass is 422 g/mol. The molecule has 0 aliphatic heterocycles. The second kappa shape index (κ2) is 8.24. The number of halogens is 1. The Balaban J connectivity index is 1.53. The predicted molar refractivity (Wildman–Crippen MR) is 119 cm³/mol. The summed E-state index contributed by atoms with van der Waals surface area (Å²) in [5.74, 6) is 0.605. The van der Waals surface area contributed by atoms with Crippen molar-refractivity contribution >= 4 is 28.4 Å². The maximum Gasteiger partial charge on any atom is 0.253 e. The van der Waals surface area contributed by atoms with Crippen molar-refractivity contribution < 1.29 is 9.53 Å². The van der Waals surface area contributed by atoms with E-state index in [9.17, 15) is 4.79 Å². The molecule has 2 heterocycles. The average Bonchev–Trinajstić information content (AvgIpc) is 3.37. The lowest BCUT2D eigenvalue weighted by Gasteiger charge is -2.15. The lowest BCUT2D eigenvalue weighted by Crippen LogP contribution is -2.34. The van der Waals surface area contributed by atoms with Gasteiger partial charge in [-0.05, 0) is 61.4 Å². The van der Waals surface area contributed by atoms with E-state index in [1.54, 1.807) is 30.1 Å². The van der Waals surface area contributed by atoms with E-state index in [2.05, 4.69) is 21.2 Å². The molecule has 0 spiro atoms. The van der Waals surface area contributed by atoms with Crippen molar-refractivity contribution in [3.63, 3.8) is 0 Å². The zero-order valence-corrected chi connectivity index (χ0v) is 17.8. The summed E-state index contributed by atoms with van der Waals surface area (Å²) in [6.07, 6.45) is 6.29. The van der Waals surface area contributed by atoms with Crippen LogP contribution in [0.25, 0.3) is 16.6 Å². The minimum absolute atomic E-state index is 0.0845. The van der Waals surface area contributed by atoms with Crippen molar-refractivity contribution in [2.45, 2.75) is 19.4 Å². The molecule has 154 valence electrons. The van der Waals surface area contributed by atoms with E-state index < -0.39 is 0 Å². The number of ether oxygens (including phenoxy) is 1. The summed E-state index contributed by atoms with van der Waals surface area (Å²) in [7, 11) is 3.68. The Labute approximate surface area is 180 Å². The van der Waals surface area contributed by atoms with Gasteiger partial charge in [-0.2, -0.15) is 5.10 Å². The Morgan fingerprint density at radius 1 is 1.27 bits per heavy atom.